The summed E-state index contributed by atoms with van der Waals surface area (Å²) in [7, 11) is 3.04. The Morgan fingerprint density at radius 2 is 2.00 bits per heavy atom. The predicted octanol–water partition coefficient (Wildman–Crippen LogP) is 3.15. The molecule has 1 heterocycles. The van der Waals surface area contributed by atoms with Crippen LogP contribution in [-0.2, 0) is 6.42 Å². The van der Waals surface area contributed by atoms with Crippen molar-refractivity contribution in [2.24, 2.45) is 0 Å². The highest BCUT2D eigenvalue weighted by atomic mass is 35.5. The van der Waals surface area contributed by atoms with E-state index >= 15 is 0 Å². The van der Waals surface area contributed by atoms with Gasteiger partial charge in [-0.05, 0) is 6.42 Å². The van der Waals surface area contributed by atoms with E-state index in [1.807, 2.05) is 0 Å². The minimum Gasteiger partial charge on any atom is -0.494 e. The molecule has 0 spiro atoms. The number of fused-ring (bicyclic) bond motifs is 1. The highest BCUT2D eigenvalue weighted by Crippen LogP contribution is 2.36. The Bertz CT molecular complexity index is 664. The van der Waals surface area contributed by atoms with Crippen LogP contribution in [0.1, 0.15) is 19.0 Å². The zero-order chi connectivity index (χ0) is 14.0. The van der Waals surface area contributed by atoms with Gasteiger partial charge >= 0.3 is 0 Å². The van der Waals surface area contributed by atoms with Crippen molar-refractivity contribution in [2.45, 2.75) is 19.8 Å². The number of rotatable bonds is 4. The second kappa shape index (κ2) is 5.53. The lowest BCUT2D eigenvalue weighted by Crippen LogP contribution is -2.08. The van der Waals surface area contributed by atoms with Gasteiger partial charge in [-0.25, -0.2) is 0 Å². The van der Waals surface area contributed by atoms with E-state index in [0.717, 1.165) is 18.5 Å². The van der Waals surface area contributed by atoms with Gasteiger partial charge in [-0.15, -0.1) is 0 Å². The van der Waals surface area contributed by atoms with Gasteiger partial charge in [0, 0.05) is 17.8 Å². The van der Waals surface area contributed by atoms with Crippen LogP contribution in [0.15, 0.2) is 16.9 Å². The maximum atomic E-state index is 12.3. The first kappa shape index (κ1) is 13.7. The summed E-state index contributed by atoms with van der Waals surface area (Å²) in [6, 6.07) is 3.23. The van der Waals surface area contributed by atoms with Gasteiger partial charge in [0.1, 0.15) is 5.75 Å². The molecule has 0 aliphatic carbocycles. The largest absolute Gasteiger partial charge is 0.494 e. The average molecular weight is 282 g/mol. The molecule has 1 aromatic heterocycles. The van der Waals surface area contributed by atoms with Crippen molar-refractivity contribution in [3.05, 3.63) is 33.1 Å². The van der Waals surface area contributed by atoms with E-state index in [2.05, 4.69) is 11.9 Å². The minimum atomic E-state index is -0.116. The number of aromatic amines is 1. The Balaban J connectivity index is 2.87. The minimum absolute atomic E-state index is 0.116. The number of H-pyrrole nitrogens is 1. The van der Waals surface area contributed by atoms with Gasteiger partial charge in [0.05, 0.1) is 30.1 Å². The Morgan fingerprint density at radius 1 is 1.26 bits per heavy atom. The summed E-state index contributed by atoms with van der Waals surface area (Å²) in [5.74, 6) is 0.914. The normalized spacial score (nSPS) is 10.7. The van der Waals surface area contributed by atoms with E-state index in [4.69, 9.17) is 21.1 Å². The number of pyridine rings is 1. The number of ether oxygens (including phenoxy) is 2. The van der Waals surface area contributed by atoms with Crippen molar-refractivity contribution < 1.29 is 9.47 Å². The molecule has 102 valence electrons. The number of methoxy groups -OCH3 is 2. The summed E-state index contributed by atoms with van der Waals surface area (Å²) >= 11 is 6.10. The van der Waals surface area contributed by atoms with E-state index < -0.39 is 0 Å². The van der Waals surface area contributed by atoms with E-state index in [-0.39, 0.29) is 5.43 Å². The Morgan fingerprint density at radius 3 is 2.58 bits per heavy atom. The fourth-order valence-electron chi connectivity index (χ4n) is 2.16. The maximum absolute atomic E-state index is 12.3. The summed E-state index contributed by atoms with van der Waals surface area (Å²) < 4.78 is 10.5. The lowest BCUT2D eigenvalue weighted by molar-refractivity contribution is 0.409. The number of aryl methyl sites for hydroxylation is 1. The number of hydrogen-bond acceptors (Lipinski definition) is 3. The molecule has 19 heavy (non-hydrogen) atoms. The Hall–Kier alpha value is -1.68. The number of aromatic nitrogens is 1. The molecule has 0 saturated heterocycles. The number of halogens is 1. The monoisotopic (exact) mass is 281 g/mol. The molecule has 0 amide bonds. The van der Waals surface area contributed by atoms with Gasteiger partial charge in [0.15, 0.2) is 11.2 Å². The smallest absolute Gasteiger partial charge is 0.193 e. The molecule has 0 fully saturated rings. The second-order valence-electron chi connectivity index (χ2n) is 4.25. The lowest BCUT2D eigenvalue weighted by Gasteiger charge is -2.12. The van der Waals surface area contributed by atoms with Gasteiger partial charge in [-0.1, -0.05) is 24.9 Å². The molecule has 0 aliphatic rings. The maximum Gasteiger partial charge on any atom is 0.193 e. The predicted molar refractivity (Wildman–Crippen MR) is 76.7 cm³/mol. The molecule has 0 bridgehead atoms. The first-order valence-corrected chi connectivity index (χ1v) is 6.46. The molecule has 0 saturated carbocycles. The van der Waals surface area contributed by atoms with Crippen molar-refractivity contribution >= 4 is 22.5 Å². The molecule has 0 unspecified atom stereocenters. The molecule has 5 heteroatoms. The van der Waals surface area contributed by atoms with Crippen molar-refractivity contribution in [3.63, 3.8) is 0 Å². The van der Waals surface area contributed by atoms with Gasteiger partial charge in [-0.3, -0.25) is 4.79 Å². The molecule has 1 N–H and O–H groups in total. The molecule has 2 aromatic rings. The van der Waals surface area contributed by atoms with Crippen LogP contribution in [0.2, 0.25) is 5.02 Å². The van der Waals surface area contributed by atoms with Crippen LogP contribution in [0.25, 0.3) is 10.9 Å². The number of nitrogens with one attached hydrogen (secondary N) is 1. The van der Waals surface area contributed by atoms with Gasteiger partial charge in [-0.2, -0.15) is 0 Å². The number of benzene rings is 1. The third-order valence-electron chi connectivity index (χ3n) is 2.98. The van der Waals surface area contributed by atoms with Crippen LogP contribution in [0.3, 0.4) is 0 Å². The SMILES string of the molecule is CCCc1cc(=O)c2c(OC)c(Cl)cc(OC)c2[nH]1. The van der Waals surface area contributed by atoms with E-state index in [1.165, 1.54) is 7.11 Å². The molecule has 0 aliphatic heterocycles. The van der Waals surface area contributed by atoms with Crippen LogP contribution in [0.5, 0.6) is 11.5 Å². The zero-order valence-corrected chi connectivity index (χ0v) is 11.9. The van der Waals surface area contributed by atoms with Crippen LogP contribution < -0.4 is 14.9 Å². The molecular formula is C14H16ClNO3. The molecule has 0 atom stereocenters. The van der Waals surface area contributed by atoms with Crippen molar-refractivity contribution in [2.75, 3.05) is 14.2 Å². The quantitative estimate of drug-likeness (QED) is 0.936. The second-order valence-corrected chi connectivity index (χ2v) is 4.66. The van der Waals surface area contributed by atoms with E-state index in [1.54, 1.807) is 19.2 Å². The summed E-state index contributed by atoms with van der Waals surface area (Å²) in [4.78, 5) is 15.5. The summed E-state index contributed by atoms with van der Waals surface area (Å²) in [6.07, 6.45) is 1.76. The first-order chi connectivity index (χ1) is 9.12. The summed E-state index contributed by atoms with van der Waals surface area (Å²) in [6.45, 7) is 2.06. The fourth-order valence-corrected chi connectivity index (χ4v) is 2.43. The first-order valence-electron chi connectivity index (χ1n) is 6.08. The Kier molecular flexibility index (Phi) is 4.00. The molecular weight excluding hydrogens is 266 g/mol. The molecule has 1 aromatic carbocycles. The summed E-state index contributed by atoms with van der Waals surface area (Å²) in [5.41, 5.74) is 1.39. The fraction of sp³-hybridized carbons (Fsp3) is 0.357. The summed E-state index contributed by atoms with van der Waals surface area (Å²) in [5, 5.41) is 0.785. The standard InChI is InChI=1S/C14H16ClNO3/c1-4-5-8-6-10(17)12-13(16-8)11(18-2)7-9(15)14(12)19-3/h6-7H,4-5H2,1-3H3,(H,16,17). The van der Waals surface area contributed by atoms with Crippen LogP contribution >= 0.6 is 11.6 Å². The highest BCUT2D eigenvalue weighted by Gasteiger charge is 2.16. The average Bonchev–Trinajstić information content (AvgIpc) is 2.39. The Labute approximate surface area is 116 Å². The zero-order valence-electron chi connectivity index (χ0n) is 11.2. The molecule has 4 nitrogen and oxygen atoms in total. The van der Waals surface area contributed by atoms with Crippen LogP contribution in [0, 0.1) is 0 Å². The van der Waals surface area contributed by atoms with Crippen molar-refractivity contribution in [3.8, 4) is 11.5 Å². The van der Waals surface area contributed by atoms with Crippen molar-refractivity contribution in [1.82, 2.24) is 4.98 Å². The third kappa shape index (κ3) is 2.40. The van der Waals surface area contributed by atoms with Crippen LogP contribution in [0.4, 0.5) is 0 Å². The molecule has 2 rings (SSSR count). The number of hydrogen-bond donors (Lipinski definition) is 1. The van der Waals surface area contributed by atoms with Crippen LogP contribution in [-0.4, -0.2) is 19.2 Å². The third-order valence-corrected chi connectivity index (χ3v) is 3.26. The van der Waals surface area contributed by atoms with Crippen molar-refractivity contribution in [1.29, 1.82) is 0 Å². The van der Waals surface area contributed by atoms with Gasteiger partial charge in [0.2, 0.25) is 0 Å². The lowest BCUT2D eigenvalue weighted by atomic mass is 10.1. The van der Waals surface area contributed by atoms with Gasteiger partial charge < -0.3 is 14.5 Å². The topological polar surface area (TPSA) is 51.3 Å². The highest BCUT2D eigenvalue weighted by molar-refractivity contribution is 6.33. The molecule has 0 radical (unpaired) electrons. The van der Waals surface area contributed by atoms with E-state index in [0.29, 0.717) is 27.4 Å². The van der Waals surface area contributed by atoms with Gasteiger partial charge in [0.25, 0.3) is 0 Å². The van der Waals surface area contributed by atoms with E-state index in [9.17, 15) is 4.79 Å².